The highest BCUT2D eigenvalue weighted by Crippen LogP contribution is 2.22. The molecule has 0 atom stereocenters. The Balaban J connectivity index is 2.41. The van der Waals surface area contributed by atoms with Gasteiger partial charge in [-0.25, -0.2) is 8.42 Å². The van der Waals surface area contributed by atoms with Gasteiger partial charge in [-0.1, -0.05) is 12.1 Å². The molecule has 0 aliphatic carbocycles. The summed E-state index contributed by atoms with van der Waals surface area (Å²) < 4.78 is 28.3. The summed E-state index contributed by atoms with van der Waals surface area (Å²) in [7, 11) is -3.28. The fraction of sp³-hybridized carbons (Fsp3) is 0.333. The molecule has 0 amide bonds. The number of rotatable bonds is 2. The van der Waals surface area contributed by atoms with E-state index in [1.165, 1.54) is 5.57 Å². The minimum atomic E-state index is -3.28. The van der Waals surface area contributed by atoms with Crippen molar-refractivity contribution in [1.29, 1.82) is 0 Å². The molecule has 0 aromatic heterocycles. The van der Waals surface area contributed by atoms with E-state index in [0.717, 1.165) is 24.8 Å². The van der Waals surface area contributed by atoms with Crippen LogP contribution in [0.4, 0.5) is 5.69 Å². The largest absolute Gasteiger partial charge is 0.398 e. The number of ether oxygens (including phenoxy) is 1. The molecule has 1 aromatic carbocycles. The molecule has 0 saturated carbocycles. The fourth-order valence-electron chi connectivity index (χ4n) is 1.79. The van der Waals surface area contributed by atoms with Crippen molar-refractivity contribution in [1.82, 2.24) is 0 Å². The van der Waals surface area contributed by atoms with E-state index in [9.17, 15) is 8.42 Å². The third-order valence-corrected chi connectivity index (χ3v) is 3.82. The van der Waals surface area contributed by atoms with Gasteiger partial charge in [-0.05, 0) is 29.7 Å². The average Bonchev–Trinajstić information content (AvgIpc) is 2.72. The van der Waals surface area contributed by atoms with Crippen molar-refractivity contribution in [2.75, 3.05) is 25.2 Å². The lowest BCUT2D eigenvalue weighted by atomic mass is 10.1. The lowest BCUT2D eigenvalue weighted by Gasteiger charge is -2.05. The maximum atomic E-state index is 11.5. The molecule has 0 unspecified atom stereocenters. The van der Waals surface area contributed by atoms with E-state index in [1.807, 2.05) is 12.1 Å². The van der Waals surface area contributed by atoms with Gasteiger partial charge >= 0.3 is 0 Å². The number of anilines is 1. The maximum Gasteiger partial charge on any atom is 0.177 e. The fourth-order valence-corrected chi connectivity index (χ4v) is 2.64. The smallest absolute Gasteiger partial charge is 0.177 e. The monoisotopic (exact) mass is 253 g/mol. The summed E-state index contributed by atoms with van der Waals surface area (Å²) in [5.41, 5.74) is 7.97. The zero-order valence-corrected chi connectivity index (χ0v) is 10.5. The molecule has 0 bridgehead atoms. The van der Waals surface area contributed by atoms with Crippen molar-refractivity contribution in [3.63, 3.8) is 0 Å². The first-order valence-corrected chi connectivity index (χ1v) is 7.23. The molecule has 5 heteroatoms. The van der Waals surface area contributed by atoms with E-state index in [-0.39, 0.29) is 10.6 Å². The molecular weight excluding hydrogens is 238 g/mol. The average molecular weight is 253 g/mol. The lowest BCUT2D eigenvalue weighted by Crippen LogP contribution is -2.02. The summed E-state index contributed by atoms with van der Waals surface area (Å²) in [5, 5.41) is 0. The number of sulfone groups is 1. The summed E-state index contributed by atoms with van der Waals surface area (Å²) in [6, 6.07) is 5.05. The van der Waals surface area contributed by atoms with Gasteiger partial charge in [0, 0.05) is 6.26 Å². The molecule has 0 radical (unpaired) electrons. The normalized spacial score (nSPS) is 18.8. The van der Waals surface area contributed by atoms with Gasteiger partial charge in [-0.15, -0.1) is 0 Å². The minimum absolute atomic E-state index is 0.186. The van der Waals surface area contributed by atoms with E-state index in [0.29, 0.717) is 6.61 Å². The Labute approximate surface area is 101 Å². The van der Waals surface area contributed by atoms with Crippen LogP contribution in [0.3, 0.4) is 0 Å². The summed E-state index contributed by atoms with van der Waals surface area (Å²) in [5.74, 6) is 0. The van der Waals surface area contributed by atoms with Gasteiger partial charge in [0.05, 0.1) is 23.8 Å². The number of benzene rings is 1. The van der Waals surface area contributed by atoms with Crippen molar-refractivity contribution in [2.45, 2.75) is 11.3 Å². The van der Waals surface area contributed by atoms with Crippen LogP contribution in [0.5, 0.6) is 0 Å². The van der Waals surface area contributed by atoms with Crippen LogP contribution < -0.4 is 5.73 Å². The van der Waals surface area contributed by atoms with E-state index >= 15 is 0 Å². The maximum absolute atomic E-state index is 11.5. The highest BCUT2D eigenvalue weighted by Gasteiger charge is 2.12. The Morgan fingerprint density at radius 1 is 1.41 bits per heavy atom. The predicted octanol–water partition coefficient (Wildman–Crippen LogP) is 1.48. The Hall–Kier alpha value is -1.33. The first-order valence-electron chi connectivity index (χ1n) is 5.33. The number of nitrogens with two attached hydrogens (primary N) is 1. The van der Waals surface area contributed by atoms with Gasteiger partial charge in [0.2, 0.25) is 0 Å². The molecule has 1 fully saturated rings. The molecule has 1 aliphatic rings. The second-order valence-corrected chi connectivity index (χ2v) is 6.16. The van der Waals surface area contributed by atoms with Gasteiger partial charge in [0.25, 0.3) is 0 Å². The summed E-state index contributed by atoms with van der Waals surface area (Å²) in [6.45, 7) is 1.36. The number of hydrogen-bond donors (Lipinski definition) is 1. The summed E-state index contributed by atoms with van der Waals surface area (Å²) >= 11 is 0. The van der Waals surface area contributed by atoms with Crippen LogP contribution in [0.25, 0.3) is 6.08 Å². The van der Waals surface area contributed by atoms with Crippen molar-refractivity contribution in [3.8, 4) is 0 Å². The molecule has 92 valence electrons. The summed E-state index contributed by atoms with van der Waals surface area (Å²) in [6.07, 6.45) is 4.02. The number of nitrogen functional groups attached to an aromatic ring is 1. The van der Waals surface area contributed by atoms with Crippen LogP contribution in [-0.4, -0.2) is 27.9 Å². The van der Waals surface area contributed by atoms with Crippen molar-refractivity contribution in [2.24, 2.45) is 0 Å². The molecule has 17 heavy (non-hydrogen) atoms. The van der Waals surface area contributed by atoms with Crippen LogP contribution in [0, 0.1) is 0 Å². The highest BCUT2D eigenvalue weighted by atomic mass is 32.2. The SMILES string of the molecule is CS(=O)(=O)c1cc(/C=C2/CCOC2)ccc1N. The highest BCUT2D eigenvalue weighted by molar-refractivity contribution is 7.90. The van der Waals surface area contributed by atoms with Crippen LogP contribution in [0.1, 0.15) is 12.0 Å². The van der Waals surface area contributed by atoms with Gasteiger partial charge in [-0.2, -0.15) is 0 Å². The van der Waals surface area contributed by atoms with Crippen molar-refractivity contribution in [3.05, 3.63) is 29.3 Å². The Morgan fingerprint density at radius 3 is 2.76 bits per heavy atom. The molecule has 1 heterocycles. The van der Waals surface area contributed by atoms with Crippen LogP contribution in [-0.2, 0) is 14.6 Å². The van der Waals surface area contributed by atoms with E-state index in [1.54, 1.807) is 12.1 Å². The van der Waals surface area contributed by atoms with Gasteiger partial charge < -0.3 is 10.5 Å². The van der Waals surface area contributed by atoms with Gasteiger partial charge in [0.1, 0.15) is 0 Å². The number of hydrogen-bond acceptors (Lipinski definition) is 4. The molecule has 2 rings (SSSR count). The standard InChI is InChI=1S/C12H15NO3S/c1-17(14,15)12-7-9(2-3-11(12)13)6-10-4-5-16-8-10/h2-3,6-7H,4-5,8,13H2,1H3/b10-6-. The molecule has 1 saturated heterocycles. The van der Waals surface area contributed by atoms with Gasteiger partial charge in [0.15, 0.2) is 9.84 Å². The van der Waals surface area contributed by atoms with Crippen LogP contribution >= 0.6 is 0 Å². The Morgan fingerprint density at radius 2 is 2.18 bits per heavy atom. The van der Waals surface area contributed by atoms with Crippen LogP contribution in [0.15, 0.2) is 28.7 Å². The molecule has 0 spiro atoms. The third kappa shape index (κ3) is 2.87. The molecular formula is C12H15NO3S. The topological polar surface area (TPSA) is 69.4 Å². The minimum Gasteiger partial charge on any atom is -0.398 e. The Bertz CT molecular complexity index is 553. The quantitative estimate of drug-likeness (QED) is 0.810. The lowest BCUT2D eigenvalue weighted by molar-refractivity contribution is 0.205. The Kier molecular flexibility index (Phi) is 3.22. The van der Waals surface area contributed by atoms with Crippen molar-refractivity contribution >= 4 is 21.6 Å². The molecule has 4 nitrogen and oxygen atoms in total. The second-order valence-electron chi connectivity index (χ2n) is 4.17. The van der Waals surface area contributed by atoms with E-state index in [2.05, 4.69) is 0 Å². The van der Waals surface area contributed by atoms with Crippen molar-refractivity contribution < 1.29 is 13.2 Å². The molecule has 1 aliphatic heterocycles. The van der Waals surface area contributed by atoms with E-state index < -0.39 is 9.84 Å². The van der Waals surface area contributed by atoms with Gasteiger partial charge in [-0.3, -0.25) is 0 Å². The summed E-state index contributed by atoms with van der Waals surface area (Å²) in [4.78, 5) is 0.186. The third-order valence-electron chi connectivity index (χ3n) is 2.66. The molecule has 1 aromatic rings. The zero-order chi connectivity index (χ0) is 12.5. The van der Waals surface area contributed by atoms with Crippen LogP contribution in [0.2, 0.25) is 0 Å². The predicted molar refractivity (Wildman–Crippen MR) is 67.4 cm³/mol. The zero-order valence-electron chi connectivity index (χ0n) is 9.64. The first kappa shape index (κ1) is 12.1. The van der Waals surface area contributed by atoms with E-state index in [4.69, 9.17) is 10.5 Å². The first-order chi connectivity index (χ1) is 7.97. The molecule has 2 N–H and O–H groups in total. The second kappa shape index (κ2) is 4.50.